The summed E-state index contributed by atoms with van der Waals surface area (Å²) in [5.41, 5.74) is 0.996. The number of carbonyl (C=O) groups excluding carboxylic acids is 1. The first-order valence-corrected chi connectivity index (χ1v) is 7.33. The van der Waals surface area contributed by atoms with Gasteiger partial charge >= 0.3 is 5.97 Å². The molecule has 8 heteroatoms. The minimum absolute atomic E-state index is 0. The first-order valence-electron chi connectivity index (χ1n) is 7.33. The summed E-state index contributed by atoms with van der Waals surface area (Å²) in [5.74, 6) is 0.516. The van der Waals surface area contributed by atoms with Crippen molar-refractivity contribution >= 4 is 30.8 Å². The van der Waals surface area contributed by atoms with Gasteiger partial charge in [0.15, 0.2) is 11.5 Å². The van der Waals surface area contributed by atoms with Crippen LogP contribution in [0.2, 0.25) is 0 Å². The molecule has 1 atom stereocenters. The molecule has 1 N–H and O–H groups in total. The Hall–Kier alpha value is -1.52. The first-order chi connectivity index (χ1) is 10.7. The van der Waals surface area contributed by atoms with Crippen molar-refractivity contribution in [2.24, 2.45) is 0 Å². The minimum Gasteiger partial charge on any atom is -0.493 e. The molecule has 0 bridgehead atoms. The van der Waals surface area contributed by atoms with Crippen LogP contribution in [0.15, 0.2) is 18.2 Å². The zero-order valence-corrected chi connectivity index (χ0v) is 15.4. The molecule has 0 aliphatic carbocycles. The Morgan fingerprint density at radius 1 is 1.33 bits per heavy atom. The lowest BCUT2D eigenvalue weighted by Crippen LogP contribution is -2.45. The van der Waals surface area contributed by atoms with Gasteiger partial charge in [0.05, 0.1) is 19.6 Å². The predicted molar refractivity (Wildman–Crippen MR) is 96.2 cm³/mol. The van der Waals surface area contributed by atoms with Crippen LogP contribution in [0.3, 0.4) is 0 Å². The molecule has 0 spiro atoms. The highest BCUT2D eigenvalue weighted by atomic mass is 35.5. The summed E-state index contributed by atoms with van der Waals surface area (Å²) in [6, 6.07) is 7.75. The van der Waals surface area contributed by atoms with Crippen LogP contribution in [-0.4, -0.2) is 44.2 Å². The second kappa shape index (κ2) is 11.1. The number of halogens is 2. The molecule has 0 saturated carbocycles. The second-order valence-corrected chi connectivity index (χ2v) is 5.17. The predicted octanol–water partition coefficient (Wildman–Crippen LogP) is 2.32. The maximum atomic E-state index is 11.1. The largest absolute Gasteiger partial charge is 0.493 e. The van der Waals surface area contributed by atoms with E-state index >= 15 is 0 Å². The maximum Gasteiger partial charge on any atom is 0.308 e. The van der Waals surface area contributed by atoms with Gasteiger partial charge in [-0.15, -0.1) is 24.8 Å². The molecule has 24 heavy (non-hydrogen) atoms. The van der Waals surface area contributed by atoms with Crippen molar-refractivity contribution in [2.45, 2.75) is 19.4 Å². The Balaban J connectivity index is 0.00000264. The molecule has 0 aromatic heterocycles. The molecule has 6 nitrogen and oxygen atoms in total. The average Bonchev–Trinajstić information content (AvgIpc) is 2.53. The van der Waals surface area contributed by atoms with Crippen LogP contribution in [0.25, 0.3) is 0 Å². The van der Waals surface area contributed by atoms with Crippen molar-refractivity contribution in [3.8, 4) is 17.6 Å². The number of nitrogens with zero attached hydrogens (tertiary/aromatic N) is 2. The highest BCUT2D eigenvalue weighted by molar-refractivity contribution is 5.85. The number of rotatable bonds is 5. The van der Waals surface area contributed by atoms with E-state index in [0.717, 1.165) is 31.7 Å². The van der Waals surface area contributed by atoms with E-state index in [1.807, 2.05) is 12.1 Å². The summed E-state index contributed by atoms with van der Waals surface area (Å²) in [4.78, 5) is 13.4. The molecule has 1 aliphatic heterocycles. The molecule has 134 valence electrons. The van der Waals surface area contributed by atoms with Crippen LogP contribution in [0.1, 0.15) is 24.9 Å². The van der Waals surface area contributed by atoms with Gasteiger partial charge < -0.3 is 14.8 Å². The van der Waals surface area contributed by atoms with Crippen LogP contribution in [-0.2, 0) is 4.79 Å². The number of benzene rings is 1. The Kier molecular flexibility index (Phi) is 10.4. The molecule has 1 fully saturated rings. The van der Waals surface area contributed by atoms with Crippen molar-refractivity contribution in [3.63, 3.8) is 0 Å². The Labute approximate surface area is 154 Å². The van der Waals surface area contributed by atoms with Crippen molar-refractivity contribution in [3.05, 3.63) is 23.8 Å². The zero-order chi connectivity index (χ0) is 15.9. The molecule has 1 heterocycles. The van der Waals surface area contributed by atoms with Gasteiger partial charge in [-0.25, -0.2) is 0 Å². The number of hydrogen-bond donors (Lipinski definition) is 1. The highest BCUT2D eigenvalue weighted by Gasteiger charge is 2.23. The highest BCUT2D eigenvalue weighted by Crippen LogP contribution is 2.33. The van der Waals surface area contributed by atoms with Gasteiger partial charge in [0.25, 0.3) is 0 Å². The average molecular weight is 376 g/mol. The van der Waals surface area contributed by atoms with Crippen molar-refractivity contribution < 1.29 is 14.3 Å². The van der Waals surface area contributed by atoms with E-state index in [9.17, 15) is 4.79 Å². The third-order valence-corrected chi connectivity index (χ3v) is 3.70. The van der Waals surface area contributed by atoms with Crippen LogP contribution in [0.5, 0.6) is 11.5 Å². The van der Waals surface area contributed by atoms with Gasteiger partial charge in [-0.2, -0.15) is 5.26 Å². The molecule has 0 radical (unpaired) electrons. The molecule has 1 saturated heterocycles. The summed E-state index contributed by atoms with van der Waals surface area (Å²) in [5, 5.41) is 12.4. The number of ether oxygens (including phenoxy) is 2. The maximum absolute atomic E-state index is 11.1. The monoisotopic (exact) mass is 375 g/mol. The topological polar surface area (TPSA) is 74.6 Å². The summed E-state index contributed by atoms with van der Waals surface area (Å²) in [7, 11) is 1.54. The van der Waals surface area contributed by atoms with Gasteiger partial charge in [-0.05, 0) is 17.7 Å². The van der Waals surface area contributed by atoms with Crippen LogP contribution >= 0.6 is 24.8 Å². The van der Waals surface area contributed by atoms with Gasteiger partial charge in [-0.1, -0.05) is 6.07 Å². The van der Waals surface area contributed by atoms with Crippen molar-refractivity contribution in [1.82, 2.24) is 10.2 Å². The van der Waals surface area contributed by atoms with E-state index in [-0.39, 0.29) is 36.8 Å². The molecule has 0 unspecified atom stereocenters. The summed E-state index contributed by atoms with van der Waals surface area (Å²) in [6.07, 6.45) is 0.413. The second-order valence-electron chi connectivity index (χ2n) is 5.17. The molecular formula is C16H23Cl2N3O3. The SMILES string of the molecule is COc1cc([C@@H](CC#N)N2CCNCC2)ccc1OC(C)=O.Cl.Cl. The summed E-state index contributed by atoms with van der Waals surface area (Å²) < 4.78 is 10.4. The van der Waals surface area contributed by atoms with Crippen molar-refractivity contribution in [2.75, 3.05) is 33.3 Å². The molecule has 0 amide bonds. The van der Waals surface area contributed by atoms with Crippen molar-refractivity contribution in [1.29, 1.82) is 5.26 Å². The number of methoxy groups -OCH3 is 1. The third kappa shape index (κ3) is 5.84. The normalized spacial score (nSPS) is 15.2. The Bertz CT molecular complexity index is 572. The number of esters is 1. The van der Waals surface area contributed by atoms with Gasteiger partial charge in [-0.3, -0.25) is 9.69 Å². The van der Waals surface area contributed by atoms with E-state index in [1.165, 1.54) is 14.0 Å². The fraction of sp³-hybridized carbons (Fsp3) is 0.500. The molecule has 1 aromatic carbocycles. The fourth-order valence-electron chi connectivity index (χ4n) is 2.67. The van der Waals surface area contributed by atoms with E-state index in [0.29, 0.717) is 17.9 Å². The molecule has 1 aliphatic rings. The van der Waals surface area contributed by atoms with Gasteiger partial charge in [0, 0.05) is 39.1 Å². The molecule has 1 aromatic rings. The third-order valence-electron chi connectivity index (χ3n) is 3.70. The van der Waals surface area contributed by atoms with E-state index in [2.05, 4.69) is 16.3 Å². The lowest BCUT2D eigenvalue weighted by atomic mass is 10.0. The number of carbonyl (C=O) groups is 1. The summed E-state index contributed by atoms with van der Waals surface area (Å²) >= 11 is 0. The smallest absolute Gasteiger partial charge is 0.308 e. The number of nitriles is 1. The minimum atomic E-state index is -0.387. The standard InChI is InChI=1S/C16H21N3O3.2ClH/c1-12(20)22-15-4-3-13(11-16(15)21-2)14(5-6-17)19-9-7-18-8-10-19;;/h3-4,11,14,18H,5,7-10H2,1-2H3;2*1H/t14-;;/m1../s1. The van der Waals surface area contributed by atoms with E-state index in [4.69, 9.17) is 14.7 Å². The van der Waals surface area contributed by atoms with Crippen LogP contribution < -0.4 is 14.8 Å². The number of piperazine rings is 1. The Morgan fingerprint density at radius 3 is 2.54 bits per heavy atom. The number of nitrogens with one attached hydrogen (secondary N) is 1. The molecule has 2 rings (SSSR count). The quantitative estimate of drug-likeness (QED) is 0.628. The molecular weight excluding hydrogens is 353 g/mol. The number of hydrogen-bond acceptors (Lipinski definition) is 6. The zero-order valence-electron chi connectivity index (χ0n) is 13.8. The van der Waals surface area contributed by atoms with Gasteiger partial charge in [0.2, 0.25) is 0 Å². The summed E-state index contributed by atoms with van der Waals surface area (Å²) in [6.45, 7) is 5.00. The van der Waals surface area contributed by atoms with E-state index < -0.39 is 0 Å². The first kappa shape index (κ1) is 22.5. The lowest BCUT2D eigenvalue weighted by Gasteiger charge is -2.34. The van der Waals surface area contributed by atoms with Gasteiger partial charge in [0.1, 0.15) is 0 Å². The Morgan fingerprint density at radius 2 is 2.00 bits per heavy atom. The van der Waals surface area contributed by atoms with Crippen LogP contribution in [0, 0.1) is 11.3 Å². The van der Waals surface area contributed by atoms with E-state index in [1.54, 1.807) is 6.07 Å². The lowest BCUT2D eigenvalue weighted by molar-refractivity contribution is -0.132. The van der Waals surface area contributed by atoms with Crippen LogP contribution in [0.4, 0.5) is 0 Å². The fourth-order valence-corrected chi connectivity index (χ4v) is 2.67.